The van der Waals surface area contributed by atoms with Crippen molar-refractivity contribution in [3.63, 3.8) is 0 Å². The molecule has 1 aromatic heterocycles. The molecule has 2 amide bonds. The zero-order valence-corrected chi connectivity index (χ0v) is 20.1. The van der Waals surface area contributed by atoms with E-state index in [4.69, 9.17) is 4.74 Å². The first-order valence-corrected chi connectivity index (χ1v) is 12.7. The Kier molecular flexibility index (Phi) is 8.71. The van der Waals surface area contributed by atoms with Crippen LogP contribution in [0.3, 0.4) is 0 Å². The molecule has 0 saturated carbocycles. The predicted molar refractivity (Wildman–Crippen MR) is 137 cm³/mol. The Bertz CT molecular complexity index is 1050. The molecule has 2 aromatic carbocycles. The van der Waals surface area contributed by atoms with Crippen LogP contribution in [-0.4, -0.2) is 60.9 Å². The standard InChI is InChI=1S/C27H31N3O3S/c31-26(13-5-11-25-12-6-20-34-25)28-23-8-4-7-22(21-23)27(32)30-16-14-29(15-17-30)18-19-33-24-9-2-1-3-10-24/h1-4,6-10,12,20-21H,5,11,13-19H2,(H,28,31). The highest BCUT2D eigenvalue weighted by atomic mass is 32.1. The molecule has 1 N–H and O–H groups in total. The van der Waals surface area contributed by atoms with E-state index in [-0.39, 0.29) is 11.8 Å². The summed E-state index contributed by atoms with van der Waals surface area (Å²) in [7, 11) is 0. The summed E-state index contributed by atoms with van der Waals surface area (Å²) in [6.07, 6.45) is 2.19. The van der Waals surface area contributed by atoms with E-state index >= 15 is 0 Å². The number of rotatable bonds is 10. The minimum absolute atomic E-state index is 0.00831. The maximum absolute atomic E-state index is 13.0. The number of aryl methyl sites for hydroxylation is 1. The second-order valence-electron chi connectivity index (χ2n) is 8.36. The third-order valence-electron chi connectivity index (χ3n) is 5.88. The number of ether oxygens (including phenoxy) is 1. The first-order valence-electron chi connectivity index (χ1n) is 11.8. The van der Waals surface area contributed by atoms with Crippen LogP contribution in [0.5, 0.6) is 5.75 Å². The molecule has 1 aliphatic rings. The molecule has 0 aliphatic carbocycles. The smallest absolute Gasteiger partial charge is 0.254 e. The predicted octanol–water partition coefficient (Wildman–Crippen LogP) is 4.55. The van der Waals surface area contributed by atoms with Crippen LogP contribution in [0.2, 0.25) is 0 Å². The van der Waals surface area contributed by atoms with E-state index < -0.39 is 0 Å². The SMILES string of the molecule is O=C(CCCc1cccs1)Nc1cccc(C(=O)N2CCN(CCOc3ccccc3)CC2)c1. The number of hydrogen-bond acceptors (Lipinski definition) is 5. The number of nitrogens with one attached hydrogen (secondary N) is 1. The highest BCUT2D eigenvalue weighted by Crippen LogP contribution is 2.16. The lowest BCUT2D eigenvalue weighted by Gasteiger charge is -2.34. The number of para-hydroxylation sites is 1. The first kappa shape index (κ1) is 24.0. The number of benzene rings is 2. The van der Waals surface area contributed by atoms with Gasteiger partial charge in [0.25, 0.3) is 5.91 Å². The zero-order chi connectivity index (χ0) is 23.6. The number of piperazine rings is 1. The fourth-order valence-corrected chi connectivity index (χ4v) is 4.75. The minimum Gasteiger partial charge on any atom is -0.492 e. The van der Waals surface area contributed by atoms with Crippen molar-refractivity contribution in [1.82, 2.24) is 9.80 Å². The van der Waals surface area contributed by atoms with Crippen molar-refractivity contribution >= 4 is 28.8 Å². The summed E-state index contributed by atoms with van der Waals surface area (Å²) in [4.78, 5) is 30.8. The Labute approximate surface area is 205 Å². The summed E-state index contributed by atoms with van der Waals surface area (Å²) in [5.41, 5.74) is 1.28. The zero-order valence-electron chi connectivity index (χ0n) is 19.3. The Hall–Kier alpha value is -3.16. The molecule has 1 aliphatic heterocycles. The van der Waals surface area contributed by atoms with Gasteiger partial charge in [-0.1, -0.05) is 30.3 Å². The molecule has 7 heteroatoms. The molecular formula is C27H31N3O3S. The maximum atomic E-state index is 13.0. The first-order chi connectivity index (χ1) is 16.7. The Morgan fingerprint density at radius 1 is 0.941 bits per heavy atom. The molecule has 0 unspecified atom stereocenters. The second kappa shape index (κ2) is 12.3. The van der Waals surface area contributed by atoms with Crippen molar-refractivity contribution in [2.24, 2.45) is 0 Å². The van der Waals surface area contributed by atoms with Gasteiger partial charge in [-0.15, -0.1) is 11.3 Å². The largest absolute Gasteiger partial charge is 0.492 e. The van der Waals surface area contributed by atoms with E-state index in [9.17, 15) is 9.59 Å². The molecule has 0 spiro atoms. The normalized spacial score (nSPS) is 14.1. The van der Waals surface area contributed by atoms with Gasteiger partial charge in [0.1, 0.15) is 12.4 Å². The number of anilines is 1. The third-order valence-corrected chi connectivity index (χ3v) is 6.82. The lowest BCUT2D eigenvalue weighted by molar-refractivity contribution is -0.116. The van der Waals surface area contributed by atoms with E-state index in [1.165, 1.54) is 4.88 Å². The van der Waals surface area contributed by atoms with Crippen LogP contribution >= 0.6 is 11.3 Å². The van der Waals surface area contributed by atoms with Gasteiger partial charge in [0, 0.05) is 55.3 Å². The molecule has 0 radical (unpaired) electrons. The van der Waals surface area contributed by atoms with Crippen LogP contribution in [0.15, 0.2) is 72.1 Å². The summed E-state index contributed by atoms with van der Waals surface area (Å²) >= 11 is 1.72. The molecule has 4 rings (SSSR count). The summed E-state index contributed by atoms with van der Waals surface area (Å²) in [5.74, 6) is 0.868. The van der Waals surface area contributed by atoms with Gasteiger partial charge in [0.15, 0.2) is 0 Å². The second-order valence-corrected chi connectivity index (χ2v) is 9.39. The van der Waals surface area contributed by atoms with Gasteiger partial charge < -0.3 is 15.0 Å². The van der Waals surface area contributed by atoms with Crippen LogP contribution < -0.4 is 10.1 Å². The average molecular weight is 478 g/mol. The quantitative estimate of drug-likeness (QED) is 0.466. The van der Waals surface area contributed by atoms with E-state index in [0.717, 1.165) is 38.2 Å². The number of carbonyl (C=O) groups excluding carboxylic acids is 2. The molecule has 34 heavy (non-hydrogen) atoms. The average Bonchev–Trinajstić information content (AvgIpc) is 3.38. The van der Waals surface area contributed by atoms with Crippen molar-refractivity contribution in [3.05, 3.63) is 82.6 Å². The van der Waals surface area contributed by atoms with E-state index in [1.807, 2.05) is 59.5 Å². The Morgan fingerprint density at radius 2 is 1.76 bits per heavy atom. The minimum atomic E-state index is -0.0208. The molecule has 3 aromatic rings. The van der Waals surface area contributed by atoms with Crippen molar-refractivity contribution in [2.75, 3.05) is 44.6 Å². The number of thiophene rings is 1. The van der Waals surface area contributed by atoms with Crippen LogP contribution in [0, 0.1) is 0 Å². The summed E-state index contributed by atoms with van der Waals surface area (Å²) < 4.78 is 5.78. The molecule has 2 heterocycles. The van der Waals surface area contributed by atoms with Crippen molar-refractivity contribution in [2.45, 2.75) is 19.3 Å². The number of amides is 2. The van der Waals surface area contributed by atoms with Crippen LogP contribution in [0.25, 0.3) is 0 Å². The third kappa shape index (κ3) is 7.17. The fourth-order valence-electron chi connectivity index (χ4n) is 4.00. The molecule has 0 atom stereocenters. The highest BCUT2D eigenvalue weighted by molar-refractivity contribution is 7.09. The fraction of sp³-hybridized carbons (Fsp3) is 0.333. The number of nitrogens with zero attached hydrogens (tertiary/aromatic N) is 2. The van der Waals surface area contributed by atoms with Crippen molar-refractivity contribution in [1.29, 1.82) is 0 Å². The summed E-state index contributed by atoms with van der Waals surface area (Å²) in [6, 6.07) is 21.2. The highest BCUT2D eigenvalue weighted by Gasteiger charge is 2.22. The van der Waals surface area contributed by atoms with E-state index in [0.29, 0.717) is 37.4 Å². The summed E-state index contributed by atoms with van der Waals surface area (Å²) in [5, 5.41) is 4.99. The monoisotopic (exact) mass is 477 g/mol. The molecule has 1 fully saturated rings. The summed E-state index contributed by atoms with van der Waals surface area (Å²) in [6.45, 7) is 4.49. The van der Waals surface area contributed by atoms with Crippen molar-refractivity contribution < 1.29 is 14.3 Å². The molecule has 0 bridgehead atoms. The van der Waals surface area contributed by atoms with E-state index in [1.54, 1.807) is 17.4 Å². The maximum Gasteiger partial charge on any atom is 0.254 e. The van der Waals surface area contributed by atoms with Gasteiger partial charge in [0.05, 0.1) is 0 Å². The molecule has 178 valence electrons. The van der Waals surface area contributed by atoms with Gasteiger partial charge in [-0.25, -0.2) is 0 Å². The number of carbonyl (C=O) groups is 2. The topological polar surface area (TPSA) is 61.9 Å². The van der Waals surface area contributed by atoms with Gasteiger partial charge in [-0.3, -0.25) is 14.5 Å². The van der Waals surface area contributed by atoms with Crippen LogP contribution in [-0.2, 0) is 11.2 Å². The molecule has 1 saturated heterocycles. The van der Waals surface area contributed by atoms with Gasteiger partial charge in [0.2, 0.25) is 5.91 Å². The molecular weight excluding hydrogens is 446 g/mol. The van der Waals surface area contributed by atoms with Gasteiger partial charge in [-0.05, 0) is 54.6 Å². The molecule has 6 nitrogen and oxygen atoms in total. The van der Waals surface area contributed by atoms with Gasteiger partial charge in [-0.2, -0.15) is 0 Å². The Morgan fingerprint density at radius 3 is 2.53 bits per heavy atom. The lowest BCUT2D eigenvalue weighted by Crippen LogP contribution is -2.49. The Balaban J connectivity index is 1.19. The van der Waals surface area contributed by atoms with Gasteiger partial charge >= 0.3 is 0 Å². The van der Waals surface area contributed by atoms with Crippen LogP contribution in [0.1, 0.15) is 28.1 Å². The lowest BCUT2D eigenvalue weighted by atomic mass is 10.1. The van der Waals surface area contributed by atoms with Crippen molar-refractivity contribution in [3.8, 4) is 5.75 Å². The van der Waals surface area contributed by atoms with Crippen LogP contribution in [0.4, 0.5) is 5.69 Å². The number of hydrogen-bond donors (Lipinski definition) is 1. The van der Waals surface area contributed by atoms with E-state index in [2.05, 4.69) is 21.7 Å².